The van der Waals surface area contributed by atoms with Gasteiger partial charge in [0.15, 0.2) is 0 Å². The second-order valence-electron chi connectivity index (χ2n) is 8.13. The maximum Gasteiger partial charge on any atom is 0.101 e. The second-order valence-corrected chi connectivity index (χ2v) is 8.13. The number of para-hydroxylation sites is 1. The van der Waals surface area contributed by atoms with Crippen LogP contribution in [-0.4, -0.2) is 14.7 Å². The molecule has 5 aromatic rings. The highest BCUT2D eigenvalue weighted by Crippen LogP contribution is 2.38. The van der Waals surface area contributed by atoms with Gasteiger partial charge in [0.25, 0.3) is 0 Å². The molecular formula is C26H24N2O. The normalized spacial score (nSPS) is 12.3. The van der Waals surface area contributed by atoms with Crippen LogP contribution in [0.1, 0.15) is 26.5 Å². The molecule has 0 radical (unpaired) electrons. The van der Waals surface area contributed by atoms with Crippen molar-refractivity contribution in [2.24, 2.45) is 0 Å². The number of hydrogen-bond acceptors (Lipinski definition) is 2. The summed E-state index contributed by atoms with van der Waals surface area (Å²) in [6, 6.07) is 25.4. The second kappa shape index (κ2) is 6.43. The lowest BCUT2D eigenvalue weighted by molar-refractivity contribution is 0.0741. The van der Waals surface area contributed by atoms with Gasteiger partial charge in [-0.2, -0.15) is 0 Å². The number of pyridine rings is 1. The predicted molar refractivity (Wildman–Crippen MR) is 121 cm³/mol. The number of aromatic nitrogens is 2. The maximum absolute atomic E-state index is 10.8. The Morgan fingerprint density at radius 2 is 1.59 bits per heavy atom. The Kier molecular flexibility index (Phi) is 3.97. The van der Waals surface area contributed by atoms with Gasteiger partial charge in [-0.3, -0.25) is 0 Å². The highest BCUT2D eigenvalue weighted by Gasteiger charge is 2.23. The molecule has 2 heterocycles. The van der Waals surface area contributed by atoms with Crippen molar-refractivity contribution in [3.05, 3.63) is 78.5 Å². The summed E-state index contributed by atoms with van der Waals surface area (Å²) in [4.78, 5) is 4.98. The molecule has 0 aliphatic heterocycles. The van der Waals surface area contributed by atoms with Crippen LogP contribution in [0.3, 0.4) is 0 Å². The number of hydrogen-bond donors (Lipinski definition) is 1. The minimum absolute atomic E-state index is 0.687. The van der Waals surface area contributed by atoms with E-state index in [9.17, 15) is 5.11 Å². The molecule has 0 unspecified atom stereocenters. The van der Waals surface area contributed by atoms with Gasteiger partial charge in [-0.05, 0) is 49.7 Å². The Labute approximate surface area is 170 Å². The Balaban J connectivity index is 1.94. The average molecular weight is 380 g/mol. The summed E-state index contributed by atoms with van der Waals surface area (Å²) in [6.45, 7) is 6.61. The van der Waals surface area contributed by atoms with Crippen LogP contribution in [0, 0.1) is 0 Å². The van der Waals surface area contributed by atoms with E-state index in [4.69, 9.17) is 4.98 Å². The molecule has 0 aliphatic carbocycles. The molecule has 2 aromatic heterocycles. The van der Waals surface area contributed by atoms with Crippen molar-refractivity contribution in [2.45, 2.75) is 32.9 Å². The van der Waals surface area contributed by atoms with E-state index >= 15 is 0 Å². The van der Waals surface area contributed by atoms with Gasteiger partial charge in [-0.1, -0.05) is 54.6 Å². The van der Waals surface area contributed by atoms with Crippen molar-refractivity contribution in [1.29, 1.82) is 0 Å². The van der Waals surface area contributed by atoms with E-state index in [2.05, 4.69) is 78.2 Å². The summed E-state index contributed by atoms with van der Waals surface area (Å²) in [5.41, 5.74) is 3.97. The van der Waals surface area contributed by atoms with Gasteiger partial charge in [0.1, 0.15) is 5.60 Å². The van der Waals surface area contributed by atoms with E-state index in [1.54, 1.807) is 13.8 Å². The predicted octanol–water partition coefficient (Wildman–Crippen LogP) is 6.26. The van der Waals surface area contributed by atoms with E-state index < -0.39 is 5.60 Å². The number of rotatable bonds is 3. The first-order valence-electron chi connectivity index (χ1n) is 10.1. The highest BCUT2D eigenvalue weighted by molar-refractivity contribution is 6.12. The molecule has 3 heteroatoms. The van der Waals surface area contributed by atoms with Gasteiger partial charge in [-0.15, -0.1) is 0 Å². The molecule has 0 spiro atoms. The van der Waals surface area contributed by atoms with Gasteiger partial charge < -0.3 is 9.67 Å². The van der Waals surface area contributed by atoms with Crippen LogP contribution in [0.15, 0.2) is 72.8 Å². The summed E-state index contributed by atoms with van der Waals surface area (Å²) >= 11 is 0. The van der Waals surface area contributed by atoms with Gasteiger partial charge in [0.05, 0.1) is 16.9 Å². The maximum atomic E-state index is 10.8. The van der Waals surface area contributed by atoms with Gasteiger partial charge in [0.2, 0.25) is 0 Å². The lowest BCUT2D eigenvalue weighted by Crippen LogP contribution is -2.18. The molecule has 29 heavy (non-hydrogen) atoms. The molecule has 0 amide bonds. The van der Waals surface area contributed by atoms with Crippen LogP contribution in [0.25, 0.3) is 43.8 Å². The third kappa shape index (κ3) is 2.81. The van der Waals surface area contributed by atoms with E-state index in [1.165, 1.54) is 21.7 Å². The molecule has 5 rings (SSSR count). The first-order chi connectivity index (χ1) is 14.0. The van der Waals surface area contributed by atoms with Crippen LogP contribution in [0.2, 0.25) is 0 Å². The lowest BCUT2D eigenvalue weighted by atomic mass is 9.98. The molecule has 0 fully saturated rings. The monoisotopic (exact) mass is 380 g/mol. The molecule has 0 atom stereocenters. The standard InChI is InChI=1S/C26H24N2O/c1-4-28-22-12-8-7-11-20(22)21-16-23(26(2,3)29)27-24(25(21)28)19-14-13-17-9-5-6-10-18(17)15-19/h5-16,29H,4H2,1-3H3. The minimum atomic E-state index is -1.02. The van der Waals surface area contributed by atoms with Crippen molar-refractivity contribution in [3.63, 3.8) is 0 Å². The summed E-state index contributed by atoms with van der Waals surface area (Å²) in [6.07, 6.45) is 0. The van der Waals surface area contributed by atoms with Crippen molar-refractivity contribution in [3.8, 4) is 11.3 Å². The largest absolute Gasteiger partial charge is 0.384 e. The molecule has 0 saturated heterocycles. The smallest absolute Gasteiger partial charge is 0.101 e. The molecule has 0 bridgehead atoms. The SMILES string of the molecule is CCn1c2ccccc2c2cc(C(C)(C)O)nc(-c3ccc4ccccc4c3)c21. The summed E-state index contributed by atoms with van der Waals surface area (Å²) in [5, 5.41) is 15.5. The van der Waals surface area contributed by atoms with E-state index in [-0.39, 0.29) is 0 Å². The Bertz CT molecular complexity index is 1370. The Morgan fingerprint density at radius 1 is 0.862 bits per heavy atom. The molecular weight excluding hydrogens is 356 g/mol. The fourth-order valence-corrected chi connectivity index (χ4v) is 4.25. The topological polar surface area (TPSA) is 38.0 Å². The van der Waals surface area contributed by atoms with E-state index in [0.29, 0.717) is 5.69 Å². The van der Waals surface area contributed by atoms with Crippen molar-refractivity contribution in [1.82, 2.24) is 9.55 Å². The third-order valence-corrected chi connectivity index (χ3v) is 5.71. The summed E-state index contributed by atoms with van der Waals surface area (Å²) < 4.78 is 2.33. The van der Waals surface area contributed by atoms with Gasteiger partial charge >= 0.3 is 0 Å². The molecule has 0 aliphatic rings. The molecule has 0 saturated carbocycles. The minimum Gasteiger partial charge on any atom is -0.384 e. The number of aryl methyl sites for hydroxylation is 1. The first-order valence-corrected chi connectivity index (χ1v) is 10.1. The first kappa shape index (κ1) is 17.9. The van der Waals surface area contributed by atoms with Crippen molar-refractivity contribution in [2.75, 3.05) is 0 Å². The van der Waals surface area contributed by atoms with Gasteiger partial charge in [-0.25, -0.2) is 4.98 Å². The van der Waals surface area contributed by atoms with Crippen LogP contribution < -0.4 is 0 Å². The fourth-order valence-electron chi connectivity index (χ4n) is 4.25. The molecule has 1 N–H and O–H groups in total. The van der Waals surface area contributed by atoms with Gasteiger partial charge in [0, 0.05) is 28.4 Å². The average Bonchev–Trinajstić information content (AvgIpc) is 3.06. The zero-order valence-electron chi connectivity index (χ0n) is 17.0. The highest BCUT2D eigenvalue weighted by atomic mass is 16.3. The number of benzene rings is 3. The van der Waals surface area contributed by atoms with Crippen LogP contribution >= 0.6 is 0 Å². The number of aliphatic hydroxyl groups is 1. The third-order valence-electron chi connectivity index (χ3n) is 5.71. The van der Waals surface area contributed by atoms with E-state index in [1.807, 2.05) is 6.07 Å². The zero-order valence-corrected chi connectivity index (χ0v) is 17.0. The quantitative estimate of drug-likeness (QED) is 0.401. The lowest BCUT2D eigenvalue weighted by Gasteiger charge is -2.19. The van der Waals surface area contributed by atoms with E-state index in [0.717, 1.165) is 28.7 Å². The number of fused-ring (bicyclic) bond motifs is 4. The molecule has 3 aromatic carbocycles. The van der Waals surface area contributed by atoms with Crippen molar-refractivity contribution >= 4 is 32.6 Å². The Morgan fingerprint density at radius 3 is 2.34 bits per heavy atom. The molecule has 3 nitrogen and oxygen atoms in total. The van der Waals surface area contributed by atoms with Crippen molar-refractivity contribution < 1.29 is 5.11 Å². The number of nitrogens with zero attached hydrogens (tertiary/aromatic N) is 2. The summed E-state index contributed by atoms with van der Waals surface area (Å²) in [5.74, 6) is 0. The Hall–Kier alpha value is -3.17. The molecule has 144 valence electrons. The van der Waals surface area contributed by atoms with Crippen LogP contribution in [0.5, 0.6) is 0 Å². The summed E-state index contributed by atoms with van der Waals surface area (Å²) in [7, 11) is 0. The van der Waals surface area contributed by atoms with Crippen LogP contribution in [0.4, 0.5) is 0 Å². The zero-order chi connectivity index (χ0) is 20.2. The fraction of sp³-hybridized carbons (Fsp3) is 0.192. The van der Waals surface area contributed by atoms with Crippen LogP contribution in [-0.2, 0) is 12.1 Å².